The highest BCUT2D eigenvalue weighted by Crippen LogP contribution is 2.23. The topological polar surface area (TPSA) is 44.7 Å². The van der Waals surface area contributed by atoms with E-state index in [0.29, 0.717) is 18.2 Å². The maximum atomic E-state index is 9.49. The Morgan fingerprint density at radius 1 is 1.17 bits per heavy atom. The van der Waals surface area contributed by atoms with Crippen LogP contribution in [0.5, 0.6) is 0 Å². The maximum absolute atomic E-state index is 9.49. The summed E-state index contributed by atoms with van der Waals surface area (Å²) >= 11 is 0. The first-order chi connectivity index (χ1) is 8.81. The van der Waals surface area contributed by atoms with Gasteiger partial charge in [-0.3, -0.25) is 4.90 Å². The molecule has 104 valence electrons. The molecule has 18 heavy (non-hydrogen) atoms. The van der Waals surface area contributed by atoms with Crippen molar-refractivity contribution in [3.8, 4) is 0 Å². The minimum absolute atomic E-state index is 0.0562. The molecule has 1 saturated carbocycles. The molecule has 3 rings (SSSR count). The van der Waals surface area contributed by atoms with Gasteiger partial charge in [-0.1, -0.05) is 0 Å². The molecule has 2 unspecified atom stereocenters. The molecule has 2 heterocycles. The first-order valence-electron chi connectivity index (χ1n) is 7.58. The molecule has 4 nitrogen and oxygen atoms in total. The standard InChI is InChI=1S/C14H26N2O2/c17-13-5-3-11(4-6-13)15-8-14-9-16-7-1-2-12(16)10-18-14/h11-15,17H,1-10H2. The number of fused-ring (bicyclic) bond motifs is 1. The predicted molar refractivity (Wildman–Crippen MR) is 70.6 cm³/mol. The number of nitrogens with one attached hydrogen (secondary N) is 1. The summed E-state index contributed by atoms with van der Waals surface area (Å²) in [5.74, 6) is 0. The molecule has 3 aliphatic rings. The van der Waals surface area contributed by atoms with Gasteiger partial charge in [0.05, 0.1) is 18.8 Å². The molecular formula is C14H26N2O2. The summed E-state index contributed by atoms with van der Waals surface area (Å²) in [7, 11) is 0. The van der Waals surface area contributed by atoms with Gasteiger partial charge in [0, 0.05) is 25.2 Å². The monoisotopic (exact) mass is 254 g/mol. The lowest BCUT2D eigenvalue weighted by Gasteiger charge is -2.36. The molecule has 0 aromatic rings. The van der Waals surface area contributed by atoms with Crippen molar-refractivity contribution in [3.63, 3.8) is 0 Å². The lowest BCUT2D eigenvalue weighted by Crippen LogP contribution is -2.50. The molecule has 0 aromatic carbocycles. The van der Waals surface area contributed by atoms with E-state index < -0.39 is 0 Å². The molecule has 2 aliphatic heterocycles. The molecule has 1 aliphatic carbocycles. The van der Waals surface area contributed by atoms with Crippen molar-refractivity contribution in [1.29, 1.82) is 0 Å². The Kier molecular flexibility index (Phi) is 4.19. The quantitative estimate of drug-likeness (QED) is 0.780. The van der Waals surface area contributed by atoms with Crippen LogP contribution in [-0.2, 0) is 4.74 Å². The van der Waals surface area contributed by atoms with Crippen molar-refractivity contribution >= 4 is 0 Å². The van der Waals surface area contributed by atoms with Crippen LogP contribution in [0.15, 0.2) is 0 Å². The van der Waals surface area contributed by atoms with E-state index in [1.54, 1.807) is 0 Å². The van der Waals surface area contributed by atoms with Crippen LogP contribution in [0.4, 0.5) is 0 Å². The number of nitrogens with zero attached hydrogens (tertiary/aromatic N) is 1. The summed E-state index contributed by atoms with van der Waals surface area (Å²) in [6.07, 6.45) is 7.11. The third-order valence-electron chi connectivity index (χ3n) is 4.79. The van der Waals surface area contributed by atoms with Crippen molar-refractivity contribution in [1.82, 2.24) is 10.2 Å². The zero-order chi connectivity index (χ0) is 12.4. The van der Waals surface area contributed by atoms with Gasteiger partial charge in [-0.25, -0.2) is 0 Å². The van der Waals surface area contributed by atoms with Crippen molar-refractivity contribution in [2.24, 2.45) is 0 Å². The second-order valence-electron chi connectivity index (χ2n) is 6.16. The second kappa shape index (κ2) is 5.87. The molecule has 0 bridgehead atoms. The molecule has 0 spiro atoms. The number of aliphatic hydroxyl groups excluding tert-OH is 1. The highest BCUT2D eigenvalue weighted by molar-refractivity contribution is 4.87. The Morgan fingerprint density at radius 3 is 2.83 bits per heavy atom. The highest BCUT2D eigenvalue weighted by atomic mass is 16.5. The van der Waals surface area contributed by atoms with Crippen molar-refractivity contribution in [2.75, 3.05) is 26.2 Å². The van der Waals surface area contributed by atoms with Gasteiger partial charge in [0.1, 0.15) is 0 Å². The lowest BCUT2D eigenvalue weighted by molar-refractivity contribution is -0.0485. The minimum Gasteiger partial charge on any atom is -0.393 e. The summed E-state index contributed by atoms with van der Waals surface area (Å²) in [6, 6.07) is 1.29. The van der Waals surface area contributed by atoms with Crippen LogP contribution in [-0.4, -0.2) is 60.5 Å². The zero-order valence-electron chi connectivity index (χ0n) is 11.2. The first-order valence-corrected chi connectivity index (χ1v) is 7.58. The Bertz CT molecular complexity index is 267. The summed E-state index contributed by atoms with van der Waals surface area (Å²) in [6.45, 7) is 4.27. The van der Waals surface area contributed by atoms with Crippen molar-refractivity contribution in [2.45, 2.75) is 62.8 Å². The van der Waals surface area contributed by atoms with Gasteiger partial charge in [0.15, 0.2) is 0 Å². The lowest BCUT2D eigenvalue weighted by atomic mass is 9.93. The van der Waals surface area contributed by atoms with E-state index in [1.165, 1.54) is 19.4 Å². The van der Waals surface area contributed by atoms with Crippen LogP contribution in [0.3, 0.4) is 0 Å². The number of hydrogen-bond donors (Lipinski definition) is 2. The average Bonchev–Trinajstić information content (AvgIpc) is 2.85. The Labute approximate surface area is 110 Å². The normalized spacial score (nSPS) is 41.8. The van der Waals surface area contributed by atoms with E-state index in [0.717, 1.165) is 45.4 Å². The second-order valence-corrected chi connectivity index (χ2v) is 6.16. The van der Waals surface area contributed by atoms with Crippen LogP contribution in [0, 0.1) is 0 Å². The summed E-state index contributed by atoms with van der Waals surface area (Å²) in [5, 5.41) is 13.1. The molecular weight excluding hydrogens is 228 g/mol. The number of ether oxygens (including phenoxy) is 1. The van der Waals surface area contributed by atoms with Gasteiger partial charge < -0.3 is 15.2 Å². The fourth-order valence-electron chi connectivity index (χ4n) is 3.59. The van der Waals surface area contributed by atoms with Gasteiger partial charge in [0.25, 0.3) is 0 Å². The van der Waals surface area contributed by atoms with Crippen molar-refractivity contribution < 1.29 is 9.84 Å². The molecule has 2 atom stereocenters. The number of morpholine rings is 1. The van der Waals surface area contributed by atoms with Gasteiger partial charge in [-0.05, 0) is 45.1 Å². The summed E-state index contributed by atoms with van der Waals surface area (Å²) in [4.78, 5) is 2.60. The SMILES string of the molecule is OC1CCC(NCC2CN3CCCC3CO2)CC1. The van der Waals surface area contributed by atoms with Crippen LogP contribution >= 0.6 is 0 Å². The third kappa shape index (κ3) is 3.05. The average molecular weight is 254 g/mol. The summed E-state index contributed by atoms with van der Waals surface area (Å²) < 4.78 is 5.95. The first kappa shape index (κ1) is 12.9. The van der Waals surface area contributed by atoms with Gasteiger partial charge in [-0.15, -0.1) is 0 Å². The minimum atomic E-state index is -0.0562. The van der Waals surface area contributed by atoms with Gasteiger partial charge in [-0.2, -0.15) is 0 Å². The number of hydrogen-bond acceptors (Lipinski definition) is 4. The van der Waals surface area contributed by atoms with Gasteiger partial charge in [0.2, 0.25) is 0 Å². The Morgan fingerprint density at radius 2 is 2.00 bits per heavy atom. The molecule has 4 heteroatoms. The smallest absolute Gasteiger partial charge is 0.0827 e. The van der Waals surface area contributed by atoms with Gasteiger partial charge >= 0.3 is 0 Å². The highest BCUT2D eigenvalue weighted by Gasteiger charge is 2.32. The van der Waals surface area contributed by atoms with Crippen LogP contribution in [0.25, 0.3) is 0 Å². The Hall–Kier alpha value is -0.160. The zero-order valence-corrected chi connectivity index (χ0v) is 11.2. The molecule has 0 radical (unpaired) electrons. The number of rotatable bonds is 3. The molecule has 3 fully saturated rings. The van der Waals surface area contributed by atoms with E-state index in [4.69, 9.17) is 4.74 Å². The van der Waals surface area contributed by atoms with Crippen LogP contribution < -0.4 is 5.32 Å². The Balaban J connectivity index is 1.38. The van der Waals surface area contributed by atoms with Crippen molar-refractivity contribution in [3.05, 3.63) is 0 Å². The van der Waals surface area contributed by atoms with E-state index in [9.17, 15) is 5.11 Å². The van der Waals surface area contributed by atoms with Crippen LogP contribution in [0.1, 0.15) is 38.5 Å². The van der Waals surface area contributed by atoms with E-state index in [-0.39, 0.29) is 6.10 Å². The van der Waals surface area contributed by atoms with E-state index in [1.807, 2.05) is 0 Å². The van der Waals surface area contributed by atoms with E-state index >= 15 is 0 Å². The van der Waals surface area contributed by atoms with Crippen LogP contribution in [0.2, 0.25) is 0 Å². The third-order valence-corrected chi connectivity index (χ3v) is 4.79. The number of aliphatic hydroxyl groups is 1. The molecule has 0 amide bonds. The van der Waals surface area contributed by atoms with E-state index in [2.05, 4.69) is 10.2 Å². The maximum Gasteiger partial charge on any atom is 0.0827 e. The fourth-order valence-corrected chi connectivity index (χ4v) is 3.59. The predicted octanol–water partition coefficient (Wildman–Crippen LogP) is 0.743. The summed E-state index contributed by atoms with van der Waals surface area (Å²) in [5.41, 5.74) is 0. The molecule has 0 aromatic heterocycles. The largest absolute Gasteiger partial charge is 0.393 e. The molecule has 2 N–H and O–H groups in total. The fraction of sp³-hybridized carbons (Fsp3) is 1.00. The molecule has 2 saturated heterocycles.